The summed E-state index contributed by atoms with van der Waals surface area (Å²) in [6.07, 6.45) is 12.3. The van der Waals surface area contributed by atoms with Gasteiger partial charge in [0.15, 0.2) is 0 Å². The van der Waals surface area contributed by atoms with Crippen LogP contribution in [0.1, 0.15) is 55.8 Å². The van der Waals surface area contributed by atoms with Crippen LogP contribution >= 0.6 is 0 Å². The number of rotatable bonds is 3. The van der Waals surface area contributed by atoms with Crippen molar-refractivity contribution in [2.24, 2.45) is 0 Å². The Morgan fingerprint density at radius 3 is 2.72 bits per heavy atom. The second kappa shape index (κ2) is 6.69. The zero-order chi connectivity index (χ0) is 12.8. The minimum absolute atomic E-state index is 0.344. The second-order valence-electron chi connectivity index (χ2n) is 5.19. The number of aromatic nitrogens is 1. The maximum absolute atomic E-state index is 4.42. The molecule has 0 amide bonds. The summed E-state index contributed by atoms with van der Waals surface area (Å²) in [6.45, 7) is 2.03. The van der Waals surface area contributed by atoms with E-state index in [-0.39, 0.29) is 0 Å². The summed E-state index contributed by atoms with van der Waals surface area (Å²) in [7, 11) is 2.05. The van der Waals surface area contributed by atoms with E-state index in [4.69, 9.17) is 0 Å². The van der Waals surface area contributed by atoms with E-state index in [9.17, 15) is 0 Å². The van der Waals surface area contributed by atoms with E-state index in [1.807, 2.05) is 20.2 Å². The fourth-order valence-corrected chi connectivity index (χ4v) is 2.69. The molecule has 1 aliphatic rings. The van der Waals surface area contributed by atoms with E-state index in [1.165, 1.54) is 44.1 Å². The van der Waals surface area contributed by atoms with Gasteiger partial charge >= 0.3 is 0 Å². The lowest BCUT2D eigenvalue weighted by atomic mass is 9.91. The van der Waals surface area contributed by atoms with Gasteiger partial charge < -0.3 is 5.32 Å². The van der Waals surface area contributed by atoms with Crippen molar-refractivity contribution in [1.29, 1.82) is 0 Å². The molecule has 0 bridgehead atoms. The number of nitrogens with one attached hydrogen (secondary N) is 1. The number of allylic oxidation sites excluding steroid dienone is 1. The monoisotopic (exact) mass is 244 g/mol. The quantitative estimate of drug-likeness (QED) is 0.815. The van der Waals surface area contributed by atoms with Gasteiger partial charge in [0.2, 0.25) is 0 Å². The first-order valence-corrected chi connectivity index (χ1v) is 7.10. The molecule has 1 unspecified atom stereocenters. The van der Waals surface area contributed by atoms with Gasteiger partial charge in [0.25, 0.3) is 0 Å². The van der Waals surface area contributed by atoms with E-state index in [0.717, 1.165) is 5.69 Å². The number of aryl methyl sites for hydroxylation is 1. The largest absolute Gasteiger partial charge is 0.310 e. The predicted octanol–water partition coefficient (Wildman–Crippen LogP) is 3.93. The van der Waals surface area contributed by atoms with Crippen molar-refractivity contribution in [1.82, 2.24) is 10.3 Å². The highest BCUT2D eigenvalue weighted by Gasteiger charge is 2.15. The number of likely N-dealkylation sites (N-methyl/N-ethyl adjacent to an activating group) is 1. The van der Waals surface area contributed by atoms with Crippen LogP contribution in [0.3, 0.4) is 0 Å². The standard InChI is InChI=1S/C16H24N2/c1-13-10-11-15(12-18-13)16(17-2)14-8-6-4-3-5-7-9-14/h8,10-12,16-17H,3-7,9H2,1-2H3/b14-8+. The third kappa shape index (κ3) is 3.42. The van der Waals surface area contributed by atoms with Crippen molar-refractivity contribution in [3.63, 3.8) is 0 Å². The van der Waals surface area contributed by atoms with E-state index >= 15 is 0 Å². The Morgan fingerprint density at radius 1 is 1.17 bits per heavy atom. The molecule has 18 heavy (non-hydrogen) atoms. The Bertz CT molecular complexity index is 392. The zero-order valence-electron chi connectivity index (χ0n) is 11.6. The zero-order valence-corrected chi connectivity index (χ0v) is 11.6. The lowest BCUT2D eigenvalue weighted by molar-refractivity contribution is 0.573. The molecule has 1 N–H and O–H groups in total. The highest BCUT2D eigenvalue weighted by molar-refractivity contribution is 5.27. The fraction of sp³-hybridized carbons (Fsp3) is 0.562. The van der Waals surface area contributed by atoms with Crippen LogP contribution in [0.2, 0.25) is 0 Å². The van der Waals surface area contributed by atoms with Gasteiger partial charge in [-0.2, -0.15) is 0 Å². The number of nitrogens with zero attached hydrogens (tertiary/aromatic N) is 1. The molecule has 2 rings (SSSR count). The number of hydrogen-bond acceptors (Lipinski definition) is 2. The van der Waals surface area contributed by atoms with Crippen LogP contribution in [-0.2, 0) is 0 Å². The minimum Gasteiger partial charge on any atom is -0.310 e. The first-order chi connectivity index (χ1) is 8.81. The molecule has 1 aromatic heterocycles. The average molecular weight is 244 g/mol. The van der Waals surface area contributed by atoms with Crippen molar-refractivity contribution < 1.29 is 0 Å². The van der Waals surface area contributed by atoms with E-state index in [0.29, 0.717) is 6.04 Å². The molecule has 0 fully saturated rings. The van der Waals surface area contributed by atoms with Gasteiger partial charge in [0, 0.05) is 11.9 Å². The molecule has 1 atom stereocenters. The summed E-state index contributed by atoms with van der Waals surface area (Å²) in [5.74, 6) is 0. The summed E-state index contributed by atoms with van der Waals surface area (Å²) in [4.78, 5) is 4.42. The molecular formula is C16H24N2. The van der Waals surface area contributed by atoms with Crippen molar-refractivity contribution in [3.8, 4) is 0 Å². The minimum atomic E-state index is 0.344. The highest BCUT2D eigenvalue weighted by Crippen LogP contribution is 2.28. The molecule has 0 saturated heterocycles. The van der Waals surface area contributed by atoms with Gasteiger partial charge in [-0.25, -0.2) is 0 Å². The van der Waals surface area contributed by atoms with Crippen LogP contribution < -0.4 is 5.32 Å². The molecule has 0 aromatic carbocycles. The average Bonchev–Trinajstić information content (AvgIpc) is 2.34. The molecule has 2 heteroatoms. The van der Waals surface area contributed by atoms with Crippen molar-refractivity contribution in [3.05, 3.63) is 41.2 Å². The third-order valence-electron chi connectivity index (χ3n) is 3.75. The Morgan fingerprint density at radius 2 is 2.00 bits per heavy atom. The van der Waals surface area contributed by atoms with Crippen LogP contribution in [-0.4, -0.2) is 12.0 Å². The number of pyridine rings is 1. The van der Waals surface area contributed by atoms with Crippen LogP contribution in [0.4, 0.5) is 0 Å². The van der Waals surface area contributed by atoms with Crippen molar-refractivity contribution in [2.45, 2.75) is 51.5 Å². The van der Waals surface area contributed by atoms with Crippen molar-refractivity contribution in [2.75, 3.05) is 7.05 Å². The van der Waals surface area contributed by atoms with Gasteiger partial charge in [-0.1, -0.05) is 30.6 Å². The lowest BCUT2D eigenvalue weighted by Gasteiger charge is -2.22. The second-order valence-corrected chi connectivity index (χ2v) is 5.19. The van der Waals surface area contributed by atoms with Crippen LogP contribution in [0, 0.1) is 6.92 Å². The van der Waals surface area contributed by atoms with Crippen LogP contribution in [0.5, 0.6) is 0 Å². The lowest BCUT2D eigenvalue weighted by Crippen LogP contribution is -2.19. The molecule has 1 aliphatic carbocycles. The van der Waals surface area contributed by atoms with E-state index in [1.54, 1.807) is 5.57 Å². The molecule has 0 aliphatic heterocycles. The molecule has 0 saturated carbocycles. The van der Waals surface area contributed by atoms with Gasteiger partial charge in [-0.05, 0) is 51.3 Å². The SMILES string of the molecule is CNC(/C1=C/CCCCCC1)c1ccc(C)nc1. The summed E-state index contributed by atoms with van der Waals surface area (Å²) in [5, 5.41) is 3.45. The molecule has 0 radical (unpaired) electrons. The fourth-order valence-electron chi connectivity index (χ4n) is 2.69. The highest BCUT2D eigenvalue weighted by atomic mass is 14.9. The summed E-state index contributed by atoms with van der Waals surface area (Å²) >= 11 is 0. The Labute approximate surface area is 111 Å². The van der Waals surface area contributed by atoms with Crippen LogP contribution in [0.15, 0.2) is 30.0 Å². The Hall–Kier alpha value is -1.15. The summed E-state index contributed by atoms with van der Waals surface area (Å²) < 4.78 is 0. The van der Waals surface area contributed by atoms with Gasteiger partial charge in [0.1, 0.15) is 0 Å². The maximum atomic E-state index is 4.42. The summed E-state index contributed by atoms with van der Waals surface area (Å²) in [6, 6.07) is 4.64. The van der Waals surface area contributed by atoms with E-state index in [2.05, 4.69) is 28.5 Å². The Kier molecular flexibility index (Phi) is 4.94. The molecule has 98 valence electrons. The predicted molar refractivity (Wildman–Crippen MR) is 76.6 cm³/mol. The van der Waals surface area contributed by atoms with Crippen LogP contribution in [0.25, 0.3) is 0 Å². The van der Waals surface area contributed by atoms with Gasteiger partial charge in [0.05, 0.1) is 6.04 Å². The topological polar surface area (TPSA) is 24.9 Å². The third-order valence-corrected chi connectivity index (χ3v) is 3.75. The Balaban J connectivity index is 2.18. The molecule has 0 spiro atoms. The first-order valence-electron chi connectivity index (χ1n) is 7.10. The van der Waals surface area contributed by atoms with E-state index < -0.39 is 0 Å². The van der Waals surface area contributed by atoms with Gasteiger partial charge in [-0.3, -0.25) is 4.98 Å². The smallest absolute Gasteiger partial charge is 0.0548 e. The number of hydrogen-bond donors (Lipinski definition) is 1. The molecular weight excluding hydrogens is 220 g/mol. The first kappa shape index (κ1) is 13.3. The normalized spacial score (nSPS) is 21.6. The molecule has 1 heterocycles. The molecule has 1 aromatic rings. The van der Waals surface area contributed by atoms with Crippen molar-refractivity contribution >= 4 is 0 Å². The summed E-state index contributed by atoms with van der Waals surface area (Å²) in [5.41, 5.74) is 3.91. The maximum Gasteiger partial charge on any atom is 0.0548 e. The molecule has 2 nitrogen and oxygen atoms in total. The van der Waals surface area contributed by atoms with Gasteiger partial charge in [-0.15, -0.1) is 0 Å².